The van der Waals surface area contributed by atoms with Crippen molar-refractivity contribution >= 4 is 45.3 Å². The topological polar surface area (TPSA) is 93.1 Å². The zero-order valence-corrected chi connectivity index (χ0v) is 16.3. The molecule has 0 radical (unpaired) electrons. The van der Waals surface area contributed by atoms with Crippen LogP contribution < -0.4 is 0 Å². The summed E-state index contributed by atoms with van der Waals surface area (Å²) in [6, 6.07) is 9.12. The molecule has 5 rings (SSSR count). The molecule has 1 heterocycles. The number of hydrogen-bond donors (Lipinski definition) is 2. The van der Waals surface area contributed by atoms with E-state index < -0.39 is 30.0 Å². The summed E-state index contributed by atoms with van der Waals surface area (Å²) < 4.78 is 11.5. The Hall–Kier alpha value is -1.87. The Balaban J connectivity index is 1.33. The monoisotopic (exact) mass is 480 g/mol. The van der Waals surface area contributed by atoms with Crippen LogP contribution in [0.15, 0.2) is 30.3 Å². The van der Waals surface area contributed by atoms with Crippen molar-refractivity contribution in [2.75, 3.05) is 0 Å². The fourth-order valence-corrected chi connectivity index (χ4v) is 5.68. The Kier molecular flexibility index (Phi) is 3.87. The predicted molar refractivity (Wildman–Crippen MR) is 103 cm³/mol. The summed E-state index contributed by atoms with van der Waals surface area (Å²) in [6.45, 7) is 0.0986. The van der Waals surface area contributed by atoms with E-state index in [0.29, 0.717) is 6.42 Å². The smallest absolute Gasteiger partial charge is 0.310 e. The van der Waals surface area contributed by atoms with Gasteiger partial charge in [-0.3, -0.25) is 9.59 Å². The number of aliphatic hydroxyl groups is 1. The molecule has 1 aliphatic heterocycles. The number of esters is 2. The van der Waals surface area contributed by atoms with Crippen LogP contribution in [0.4, 0.5) is 0 Å². The maximum absolute atomic E-state index is 12.7. The van der Waals surface area contributed by atoms with Gasteiger partial charge in [0.1, 0.15) is 18.5 Å². The molecule has 140 valence electrons. The van der Waals surface area contributed by atoms with Crippen molar-refractivity contribution in [1.82, 2.24) is 0 Å². The first kappa shape index (κ1) is 17.2. The number of rotatable bonds is 3. The highest BCUT2D eigenvalue weighted by atomic mass is 127. The van der Waals surface area contributed by atoms with Crippen LogP contribution in [0.2, 0.25) is 0 Å². The summed E-state index contributed by atoms with van der Waals surface area (Å²) in [6.07, 6.45) is -0.582. The van der Waals surface area contributed by atoms with Crippen LogP contribution in [0.5, 0.6) is 5.75 Å². The van der Waals surface area contributed by atoms with E-state index >= 15 is 0 Å². The Morgan fingerprint density at radius 2 is 2.07 bits per heavy atom. The van der Waals surface area contributed by atoms with Gasteiger partial charge in [0.15, 0.2) is 0 Å². The number of carbonyl (C=O) groups is 2. The van der Waals surface area contributed by atoms with Crippen LogP contribution in [0.1, 0.15) is 12.0 Å². The van der Waals surface area contributed by atoms with Gasteiger partial charge in [-0.15, -0.1) is 0 Å². The zero-order valence-electron chi connectivity index (χ0n) is 14.2. The number of ether oxygens (including phenoxy) is 2. The normalized spacial score (nSPS) is 33.5. The third-order valence-electron chi connectivity index (χ3n) is 6.23. The van der Waals surface area contributed by atoms with E-state index in [2.05, 4.69) is 22.6 Å². The number of benzene rings is 2. The number of phenolic OH excluding ortho intramolecular Hbond substituents is 1. The van der Waals surface area contributed by atoms with Gasteiger partial charge in [-0.2, -0.15) is 0 Å². The number of aromatic hydroxyl groups is 1. The molecule has 6 unspecified atom stereocenters. The van der Waals surface area contributed by atoms with Gasteiger partial charge in [0.2, 0.25) is 0 Å². The summed E-state index contributed by atoms with van der Waals surface area (Å²) in [4.78, 5) is 24.7. The van der Waals surface area contributed by atoms with E-state index in [-0.39, 0.29) is 30.2 Å². The van der Waals surface area contributed by atoms with Gasteiger partial charge in [-0.1, -0.05) is 18.2 Å². The number of fused-ring (bicyclic) bond motifs is 2. The van der Waals surface area contributed by atoms with Crippen molar-refractivity contribution < 1.29 is 29.3 Å². The average molecular weight is 480 g/mol. The number of phenols is 1. The summed E-state index contributed by atoms with van der Waals surface area (Å²) in [7, 11) is 0. The van der Waals surface area contributed by atoms with E-state index in [1.807, 2.05) is 24.3 Å². The molecule has 0 aromatic heterocycles. The lowest BCUT2D eigenvalue weighted by Gasteiger charge is -2.27. The number of aliphatic hydroxyl groups excluding tert-OH is 1. The molecular formula is C20H17IO6. The third-order valence-corrected chi connectivity index (χ3v) is 7.36. The molecule has 2 aliphatic carbocycles. The second kappa shape index (κ2) is 6.07. The molecule has 1 saturated heterocycles. The minimum atomic E-state index is -0.773. The van der Waals surface area contributed by atoms with Crippen molar-refractivity contribution in [1.29, 1.82) is 0 Å². The molecule has 2 aromatic rings. The molecule has 6 atom stereocenters. The van der Waals surface area contributed by atoms with Crippen LogP contribution in [-0.4, -0.2) is 34.4 Å². The highest BCUT2D eigenvalue weighted by Gasteiger charge is 2.68. The van der Waals surface area contributed by atoms with Crippen molar-refractivity contribution in [3.63, 3.8) is 0 Å². The SMILES string of the molecule is O=C(OCc1ccc2c(I)c(O)ccc2c1)C1C2CC3C(OC(=O)C31)C2O. The highest BCUT2D eigenvalue weighted by molar-refractivity contribution is 14.1. The Labute approximate surface area is 168 Å². The lowest BCUT2D eigenvalue weighted by atomic mass is 9.78. The van der Waals surface area contributed by atoms with Gasteiger partial charge in [-0.05, 0) is 57.5 Å². The largest absolute Gasteiger partial charge is 0.507 e. The molecule has 2 N–H and O–H groups in total. The lowest BCUT2D eigenvalue weighted by Crippen LogP contribution is -2.41. The van der Waals surface area contributed by atoms with Crippen LogP contribution in [-0.2, 0) is 25.7 Å². The Bertz CT molecular complexity index is 972. The van der Waals surface area contributed by atoms with Crippen molar-refractivity contribution in [2.45, 2.75) is 25.2 Å². The fourth-order valence-electron chi connectivity index (χ4n) is 5.01. The first-order chi connectivity index (χ1) is 13.0. The molecule has 3 fully saturated rings. The van der Waals surface area contributed by atoms with E-state index in [9.17, 15) is 19.8 Å². The minimum absolute atomic E-state index is 0.0644. The van der Waals surface area contributed by atoms with Crippen molar-refractivity contribution in [3.8, 4) is 5.75 Å². The molecule has 0 spiro atoms. The molecule has 2 aromatic carbocycles. The van der Waals surface area contributed by atoms with Crippen LogP contribution in [0.3, 0.4) is 0 Å². The maximum Gasteiger partial charge on any atom is 0.310 e. The van der Waals surface area contributed by atoms with Gasteiger partial charge in [0.05, 0.1) is 21.5 Å². The van der Waals surface area contributed by atoms with Crippen molar-refractivity contribution in [2.24, 2.45) is 23.7 Å². The van der Waals surface area contributed by atoms with Gasteiger partial charge in [0.25, 0.3) is 0 Å². The Morgan fingerprint density at radius 1 is 1.26 bits per heavy atom. The molecule has 6 nitrogen and oxygen atoms in total. The van der Waals surface area contributed by atoms with E-state index in [1.165, 1.54) is 0 Å². The quantitative estimate of drug-likeness (QED) is 0.518. The van der Waals surface area contributed by atoms with Gasteiger partial charge >= 0.3 is 11.9 Å². The first-order valence-electron chi connectivity index (χ1n) is 8.91. The predicted octanol–water partition coefficient (Wildman–Crippen LogP) is 2.36. The third kappa shape index (κ3) is 2.47. The number of hydrogen-bond acceptors (Lipinski definition) is 6. The zero-order chi connectivity index (χ0) is 18.9. The lowest BCUT2D eigenvalue weighted by molar-refractivity contribution is -0.157. The summed E-state index contributed by atoms with van der Waals surface area (Å²) in [5, 5.41) is 22.0. The first-order valence-corrected chi connectivity index (χ1v) is 9.99. The summed E-state index contributed by atoms with van der Waals surface area (Å²) in [5.74, 6) is -2.00. The van der Waals surface area contributed by atoms with Gasteiger partial charge in [0, 0.05) is 11.8 Å². The standard InChI is InChI=1S/C20H17IO6/c21-16-10-3-1-8(5-9(10)2-4-13(16)22)7-26-19(24)14-11-6-12-15(14)20(25)27-18(12)17(11)23/h1-5,11-12,14-15,17-18,22-23H,6-7H2. The van der Waals surface area contributed by atoms with E-state index in [1.54, 1.807) is 6.07 Å². The molecule has 2 bridgehead atoms. The molecule has 2 saturated carbocycles. The maximum atomic E-state index is 12.7. The molecular weight excluding hydrogens is 463 g/mol. The number of halogens is 1. The van der Waals surface area contributed by atoms with Gasteiger partial charge in [-0.25, -0.2) is 0 Å². The second-order valence-corrected chi connectivity index (χ2v) is 8.65. The molecule has 27 heavy (non-hydrogen) atoms. The van der Waals surface area contributed by atoms with Crippen LogP contribution in [0, 0.1) is 27.2 Å². The average Bonchev–Trinajstić information content (AvgIpc) is 3.27. The highest BCUT2D eigenvalue weighted by Crippen LogP contribution is 2.58. The van der Waals surface area contributed by atoms with Crippen LogP contribution in [0.25, 0.3) is 10.8 Å². The summed E-state index contributed by atoms with van der Waals surface area (Å²) >= 11 is 2.09. The van der Waals surface area contributed by atoms with E-state index in [0.717, 1.165) is 19.9 Å². The summed E-state index contributed by atoms with van der Waals surface area (Å²) in [5.41, 5.74) is 0.827. The Morgan fingerprint density at radius 3 is 2.89 bits per heavy atom. The molecule has 0 amide bonds. The van der Waals surface area contributed by atoms with Gasteiger partial charge < -0.3 is 19.7 Å². The van der Waals surface area contributed by atoms with Crippen LogP contribution >= 0.6 is 22.6 Å². The fraction of sp³-hybridized carbons (Fsp3) is 0.400. The minimum Gasteiger partial charge on any atom is -0.507 e. The van der Waals surface area contributed by atoms with E-state index in [4.69, 9.17) is 9.47 Å². The molecule has 7 heteroatoms. The number of carbonyl (C=O) groups excluding carboxylic acids is 2. The second-order valence-electron chi connectivity index (χ2n) is 7.57. The molecule has 3 aliphatic rings. The van der Waals surface area contributed by atoms with Crippen molar-refractivity contribution in [3.05, 3.63) is 39.5 Å².